The SMILES string of the molecule is CC/C=C1/N=C(C)C(C)/C1=C/C1C(C)CC1C. The Labute approximate surface area is 106 Å². The predicted molar refractivity (Wildman–Crippen MR) is 75.2 cm³/mol. The van der Waals surface area contributed by atoms with Gasteiger partial charge in [-0.3, -0.25) is 4.99 Å². The highest BCUT2D eigenvalue weighted by Gasteiger charge is 2.34. The van der Waals surface area contributed by atoms with Crippen molar-refractivity contribution in [2.45, 2.75) is 47.5 Å². The molecule has 0 bridgehead atoms. The van der Waals surface area contributed by atoms with E-state index in [0.29, 0.717) is 5.92 Å². The number of rotatable bonds is 2. The molecule has 17 heavy (non-hydrogen) atoms. The van der Waals surface area contributed by atoms with Gasteiger partial charge in [-0.1, -0.05) is 39.8 Å². The molecule has 1 fully saturated rings. The van der Waals surface area contributed by atoms with Crippen molar-refractivity contribution in [2.75, 3.05) is 0 Å². The van der Waals surface area contributed by atoms with Crippen LogP contribution in [0.25, 0.3) is 0 Å². The molecule has 0 N–H and O–H groups in total. The van der Waals surface area contributed by atoms with E-state index in [1.54, 1.807) is 0 Å². The molecule has 0 aromatic carbocycles. The summed E-state index contributed by atoms with van der Waals surface area (Å²) in [5.74, 6) is 3.00. The van der Waals surface area contributed by atoms with Crippen molar-refractivity contribution in [1.29, 1.82) is 0 Å². The van der Waals surface area contributed by atoms with Crippen LogP contribution in [0.2, 0.25) is 0 Å². The molecule has 3 atom stereocenters. The van der Waals surface area contributed by atoms with Crippen molar-refractivity contribution < 1.29 is 0 Å². The Morgan fingerprint density at radius 2 is 1.88 bits per heavy atom. The maximum atomic E-state index is 4.71. The van der Waals surface area contributed by atoms with Gasteiger partial charge in [0.1, 0.15) is 0 Å². The molecule has 94 valence electrons. The Morgan fingerprint density at radius 3 is 2.41 bits per heavy atom. The van der Waals surface area contributed by atoms with Gasteiger partial charge in [-0.2, -0.15) is 0 Å². The monoisotopic (exact) mass is 231 g/mol. The van der Waals surface area contributed by atoms with E-state index in [0.717, 1.165) is 24.2 Å². The van der Waals surface area contributed by atoms with E-state index in [1.807, 2.05) is 0 Å². The molecule has 0 amide bonds. The van der Waals surface area contributed by atoms with Crippen LogP contribution in [-0.4, -0.2) is 5.71 Å². The topological polar surface area (TPSA) is 12.4 Å². The Kier molecular flexibility index (Phi) is 3.56. The maximum Gasteiger partial charge on any atom is 0.0624 e. The summed E-state index contributed by atoms with van der Waals surface area (Å²) in [6, 6.07) is 0. The third kappa shape index (κ3) is 2.25. The lowest BCUT2D eigenvalue weighted by Gasteiger charge is -2.39. The zero-order valence-electron chi connectivity index (χ0n) is 11.8. The fraction of sp³-hybridized carbons (Fsp3) is 0.688. The summed E-state index contributed by atoms with van der Waals surface area (Å²) in [7, 11) is 0. The van der Waals surface area contributed by atoms with Crippen molar-refractivity contribution in [3.63, 3.8) is 0 Å². The Morgan fingerprint density at radius 1 is 1.24 bits per heavy atom. The minimum atomic E-state index is 0.521. The van der Waals surface area contributed by atoms with Gasteiger partial charge < -0.3 is 0 Å². The molecule has 0 aromatic rings. The highest BCUT2D eigenvalue weighted by molar-refractivity contribution is 5.92. The second-order valence-electron chi connectivity index (χ2n) is 5.86. The fourth-order valence-electron chi connectivity index (χ4n) is 3.19. The molecular weight excluding hydrogens is 206 g/mol. The van der Waals surface area contributed by atoms with Crippen molar-refractivity contribution in [1.82, 2.24) is 0 Å². The number of hydrogen-bond donors (Lipinski definition) is 0. The lowest BCUT2D eigenvalue weighted by Crippen LogP contribution is -2.31. The van der Waals surface area contributed by atoms with E-state index in [9.17, 15) is 0 Å². The first-order valence-corrected chi connectivity index (χ1v) is 7.02. The zero-order valence-corrected chi connectivity index (χ0v) is 11.8. The lowest BCUT2D eigenvalue weighted by molar-refractivity contribution is 0.147. The van der Waals surface area contributed by atoms with Gasteiger partial charge in [-0.25, -0.2) is 0 Å². The Hall–Kier alpha value is -0.850. The van der Waals surface area contributed by atoms with Gasteiger partial charge in [0.15, 0.2) is 0 Å². The number of hydrogen-bond acceptors (Lipinski definition) is 1. The molecule has 0 radical (unpaired) electrons. The van der Waals surface area contributed by atoms with Crippen molar-refractivity contribution in [3.8, 4) is 0 Å². The highest BCUT2D eigenvalue weighted by Crippen LogP contribution is 2.43. The summed E-state index contributed by atoms with van der Waals surface area (Å²) in [5, 5.41) is 0. The van der Waals surface area contributed by atoms with Crippen LogP contribution >= 0.6 is 0 Å². The summed E-state index contributed by atoms with van der Waals surface area (Å²) in [5.41, 5.74) is 3.99. The fourth-order valence-corrected chi connectivity index (χ4v) is 3.19. The van der Waals surface area contributed by atoms with Crippen molar-refractivity contribution in [3.05, 3.63) is 23.4 Å². The van der Waals surface area contributed by atoms with Crippen LogP contribution in [0.5, 0.6) is 0 Å². The average Bonchev–Trinajstić information content (AvgIpc) is 2.53. The second kappa shape index (κ2) is 4.80. The molecule has 2 rings (SSSR count). The van der Waals surface area contributed by atoms with Crippen LogP contribution in [0.1, 0.15) is 47.5 Å². The molecule has 2 aliphatic rings. The number of aliphatic imine (C=N–C) groups is 1. The predicted octanol–water partition coefficient (Wildman–Crippen LogP) is 4.61. The van der Waals surface area contributed by atoms with E-state index in [1.165, 1.54) is 23.4 Å². The van der Waals surface area contributed by atoms with Crippen LogP contribution in [0.15, 0.2) is 28.4 Å². The molecule has 3 unspecified atom stereocenters. The normalized spacial score (nSPS) is 41.8. The van der Waals surface area contributed by atoms with Crippen LogP contribution in [0, 0.1) is 23.7 Å². The number of allylic oxidation sites excluding steroid dienone is 3. The molecule has 1 heterocycles. The first-order valence-electron chi connectivity index (χ1n) is 7.02. The van der Waals surface area contributed by atoms with E-state index in [-0.39, 0.29) is 0 Å². The van der Waals surface area contributed by atoms with Gasteiger partial charge >= 0.3 is 0 Å². The van der Waals surface area contributed by atoms with E-state index < -0.39 is 0 Å². The molecule has 1 saturated carbocycles. The van der Waals surface area contributed by atoms with Gasteiger partial charge in [0.25, 0.3) is 0 Å². The molecule has 1 heteroatoms. The van der Waals surface area contributed by atoms with E-state index in [4.69, 9.17) is 4.99 Å². The average molecular weight is 231 g/mol. The van der Waals surface area contributed by atoms with Gasteiger partial charge in [-0.15, -0.1) is 0 Å². The van der Waals surface area contributed by atoms with Crippen molar-refractivity contribution >= 4 is 5.71 Å². The second-order valence-corrected chi connectivity index (χ2v) is 5.86. The maximum absolute atomic E-state index is 4.71. The smallest absolute Gasteiger partial charge is 0.0624 e. The van der Waals surface area contributed by atoms with Gasteiger partial charge in [0, 0.05) is 11.6 Å². The van der Waals surface area contributed by atoms with Gasteiger partial charge in [-0.05, 0) is 43.1 Å². The number of nitrogens with zero attached hydrogens (tertiary/aromatic N) is 1. The summed E-state index contributed by atoms with van der Waals surface area (Å²) >= 11 is 0. The summed E-state index contributed by atoms with van der Waals surface area (Å²) in [6.45, 7) is 11.4. The standard InChI is InChI=1S/C16H25N/c1-6-7-16-15(12(4)13(5)17-16)9-14-10(2)8-11(14)3/h7,9-12,14H,6,8H2,1-5H3/b15-9-,16-7+. The Bertz CT molecular complexity index is 378. The molecule has 1 aliphatic heterocycles. The molecule has 1 aliphatic carbocycles. The van der Waals surface area contributed by atoms with E-state index in [2.05, 4.69) is 46.8 Å². The van der Waals surface area contributed by atoms with Crippen LogP contribution in [0.4, 0.5) is 0 Å². The summed E-state index contributed by atoms with van der Waals surface area (Å²) < 4.78 is 0. The summed E-state index contributed by atoms with van der Waals surface area (Å²) in [4.78, 5) is 4.71. The van der Waals surface area contributed by atoms with Gasteiger partial charge in [0.05, 0.1) is 5.70 Å². The first kappa shape index (κ1) is 12.6. The van der Waals surface area contributed by atoms with Gasteiger partial charge in [0.2, 0.25) is 0 Å². The largest absolute Gasteiger partial charge is 0.258 e. The minimum absolute atomic E-state index is 0.521. The zero-order chi connectivity index (χ0) is 12.6. The Balaban J connectivity index is 2.24. The third-order valence-corrected chi connectivity index (χ3v) is 4.51. The van der Waals surface area contributed by atoms with Crippen molar-refractivity contribution in [2.24, 2.45) is 28.7 Å². The molecule has 1 nitrogen and oxygen atoms in total. The minimum Gasteiger partial charge on any atom is -0.258 e. The molecule has 0 aromatic heterocycles. The summed E-state index contributed by atoms with van der Waals surface area (Å²) in [6.07, 6.45) is 7.25. The molecule has 0 spiro atoms. The quantitative estimate of drug-likeness (QED) is 0.658. The highest BCUT2D eigenvalue weighted by atomic mass is 14.8. The third-order valence-electron chi connectivity index (χ3n) is 4.51. The lowest BCUT2D eigenvalue weighted by atomic mass is 9.65. The molecule has 0 saturated heterocycles. The van der Waals surface area contributed by atoms with Crippen LogP contribution in [0.3, 0.4) is 0 Å². The van der Waals surface area contributed by atoms with E-state index >= 15 is 0 Å². The van der Waals surface area contributed by atoms with Crippen LogP contribution in [-0.2, 0) is 0 Å². The first-order chi connectivity index (χ1) is 8.04. The van der Waals surface area contributed by atoms with Crippen LogP contribution < -0.4 is 0 Å². The molecular formula is C16H25N.